The molecule has 0 unspecified atom stereocenters. The standard InChI is InChI=1S/C24H24ClN3OS2/c1-4-30-19-9-10-31-22(19)20-14(13-26)23(27)28(16-8-6-5-7-15(16)25)17-11-24(2,3)12-18(29)21(17)20/h5-10,20H,4,11-12,27H2,1-3H3/t20-/m0/s1. The molecule has 160 valence electrons. The minimum Gasteiger partial charge on any atom is -0.384 e. The second kappa shape index (κ2) is 8.38. The van der Waals surface area contributed by atoms with Gasteiger partial charge in [-0.1, -0.05) is 44.5 Å². The van der Waals surface area contributed by atoms with E-state index in [0.717, 1.165) is 21.2 Å². The van der Waals surface area contributed by atoms with Crippen LogP contribution in [0.15, 0.2) is 63.3 Å². The van der Waals surface area contributed by atoms with Crippen LogP contribution in [-0.2, 0) is 4.79 Å². The summed E-state index contributed by atoms with van der Waals surface area (Å²) in [4.78, 5) is 17.5. The van der Waals surface area contributed by atoms with Crippen LogP contribution in [0.5, 0.6) is 0 Å². The summed E-state index contributed by atoms with van der Waals surface area (Å²) in [5.41, 5.74) is 9.11. The minimum atomic E-state index is -0.434. The number of allylic oxidation sites excluding steroid dienone is 3. The molecule has 0 saturated carbocycles. The third-order valence-electron chi connectivity index (χ3n) is 5.69. The first kappa shape index (κ1) is 22.0. The number of para-hydroxylation sites is 1. The number of nitriles is 1. The highest BCUT2D eigenvalue weighted by Gasteiger charge is 2.45. The molecule has 1 atom stereocenters. The molecule has 31 heavy (non-hydrogen) atoms. The number of rotatable bonds is 4. The fourth-order valence-corrected chi connectivity index (χ4v) is 6.74. The van der Waals surface area contributed by atoms with E-state index in [1.807, 2.05) is 28.5 Å². The van der Waals surface area contributed by atoms with Crippen molar-refractivity contribution in [1.82, 2.24) is 0 Å². The summed E-state index contributed by atoms with van der Waals surface area (Å²) in [7, 11) is 0. The fraction of sp³-hybridized carbons (Fsp3) is 0.333. The molecular weight excluding hydrogens is 446 g/mol. The van der Waals surface area contributed by atoms with Crippen molar-refractivity contribution in [2.75, 3.05) is 10.7 Å². The molecule has 0 radical (unpaired) electrons. The number of benzene rings is 1. The zero-order valence-corrected chi connectivity index (χ0v) is 20.1. The lowest BCUT2D eigenvalue weighted by Crippen LogP contribution is -2.42. The maximum atomic E-state index is 13.6. The normalized spacial score (nSPS) is 20.7. The highest BCUT2D eigenvalue weighted by atomic mass is 35.5. The van der Waals surface area contributed by atoms with Crippen molar-refractivity contribution in [2.45, 2.75) is 44.4 Å². The van der Waals surface area contributed by atoms with E-state index in [-0.39, 0.29) is 11.2 Å². The van der Waals surface area contributed by atoms with E-state index in [0.29, 0.717) is 40.5 Å². The van der Waals surface area contributed by atoms with Gasteiger partial charge in [0.25, 0.3) is 0 Å². The Bertz CT molecular complexity index is 1160. The number of carbonyl (C=O) groups is 1. The molecule has 2 heterocycles. The van der Waals surface area contributed by atoms with Gasteiger partial charge in [0, 0.05) is 27.5 Å². The number of nitrogens with two attached hydrogens (primary N) is 1. The molecule has 2 N–H and O–H groups in total. The maximum absolute atomic E-state index is 13.6. The number of hydrogen-bond donors (Lipinski definition) is 1. The van der Waals surface area contributed by atoms with Gasteiger partial charge in [0.05, 0.1) is 28.3 Å². The molecule has 1 aromatic heterocycles. The number of ketones is 1. The molecule has 1 aliphatic heterocycles. The summed E-state index contributed by atoms with van der Waals surface area (Å²) in [6, 6.07) is 11.8. The number of halogens is 1. The summed E-state index contributed by atoms with van der Waals surface area (Å²) in [6.07, 6.45) is 1.12. The zero-order valence-electron chi connectivity index (χ0n) is 17.7. The Morgan fingerprint density at radius 3 is 2.74 bits per heavy atom. The average Bonchev–Trinajstić information content (AvgIpc) is 3.15. The summed E-state index contributed by atoms with van der Waals surface area (Å²) < 4.78 is 0. The van der Waals surface area contributed by atoms with Crippen molar-refractivity contribution < 1.29 is 4.79 Å². The van der Waals surface area contributed by atoms with E-state index in [9.17, 15) is 10.1 Å². The lowest BCUT2D eigenvalue weighted by Gasteiger charge is -2.43. The summed E-state index contributed by atoms with van der Waals surface area (Å²) >= 11 is 9.85. The Balaban J connectivity index is 2.01. The Hall–Kier alpha value is -2.20. The molecule has 0 amide bonds. The van der Waals surface area contributed by atoms with Crippen LogP contribution < -0.4 is 10.6 Å². The van der Waals surface area contributed by atoms with Crippen molar-refractivity contribution in [3.63, 3.8) is 0 Å². The lowest BCUT2D eigenvalue weighted by molar-refractivity contribution is -0.118. The summed E-state index contributed by atoms with van der Waals surface area (Å²) in [6.45, 7) is 6.29. The molecule has 4 nitrogen and oxygen atoms in total. The molecular formula is C24H24ClN3OS2. The van der Waals surface area contributed by atoms with E-state index in [4.69, 9.17) is 17.3 Å². The molecule has 4 rings (SSSR count). The first-order valence-corrected chi connectivity index (χ1v) is 12.4. The van der Waals surface area contributed by atoms with Crippen LogP contribution in [0.25, 0.3) is 0 Å². The Labute approximate surface area is 196 Å². The Morgan fingerprint density at radius 1 is 1.32 bits per heavy atom. The minimum absolute atomic E-state index is 0.0782. The van der Waals surface area contributed by atoms with E-state index < -0.39 is 5.92 Å². The maximum Gasteiger partial charge on any atom is 0.162 e. The van der Waals surface area contributed by atoms with Crippen LogP contribution in [0, 0.1) is 16.7 Å². The van der Waals surface area contributed by atoms with Crippen molar-refractivity contribution in [3.8, 4) is 6.07 Å². The molecule has 0 saturated heterocycles. The number of nitrogens with zero attached hydrogens (tertiary/aromatic N) is 2. The highest BCUT2D eigenvalue weighted by Crippen LogP contribution is 2.53. The SMILES string of the molecule is CCSc1ccsc1[C@H]1C(C#N)=C(N)N(c2ccccc2Cl)C2=C1C(=O)CC(C)(C)C2. The average molecular weight is 470 g/mol. The zero-order chi connectivity index (χ0) is 22.3. The van der Waals surface area contributed by atoms with Crippen LogP contribution in [-0.4, -0.2) is 11.5 Å². The molecule has 0 bridgehead atoms. The van der Waals surface area contributed by atoms with Crippen LogP contribution >= 0.6 is 34.7 Å². The molecule has 2 aromatic rings. The van der Waals surface area contributed by atoms with Gasteiger partial charge in [-0.2, -0.15) is 5.26 Å². The number of carbonyl (C=O) groups excluding carboxylic acids is 1. The number of Topliss-reactive ketones (excluding diaryl/α,β-unsaturated/α-hetero) is 1. The van der Waals surface area contributed by atoms with Crippen LogP contribution in [0.2, 0.25) is 5.02 Å². The number of hydrogen-bond acceptors (Lipinski definition) is 6. The molecule has 0 spiro atoms. The smallest absolute Gasteiger partial charge is 0.162 e. The molecule has 7 heteroatoms. The quantitative estimate of drug-likeness (QED) is 0.520. The fourth-order valence-electron chi connectivity index (χ4n) is 4.47. The van der Waals surface area contributed by atoms with E-state index in [2.05, 4.69) is 32.9 Å². The van der Waals surface area contributed by atoms with Gasteiger partial charge in [-0.05, 0) is 41.2 Å². The summed E-state index contributed by atoms with van der Waals surface area (Å²) in [5.74, 6) is 0.910. The number of thiophene rings is 1. The van der Waals surface area contributed by atoms with Crippen molar-refractivity contribution in [2.24, 2.45) is 11.1 Å². The van der Waals surface area contributed by atoms with Gasteiger partial charge in [0.15, 0.2) is 5.78 Å². The van der Waals surface area contributed by atoms with Gasteiger partial charge in [-0.25, -0.2) is 0 Å². The topological polar surface area (TPSA) is 70.1 Å². The van der Waals surface area contributed by atoms with E-state index >= 15 is 0 Å². The second-order valence-electron chi connectivity index (χ2n) is 8.51. The van der Waals surface area contributed by atoms with Crippen LogP contribution in [0.4, 0.5) is 5.69 Å². The first-order chi connectivity index (χ1) is 14.8. The molecule has 0 fully saturated rings. The summed E-state index contributed by atoms with van der Waals surface area (Å²) in [5, 5.41) is 12.7. The Kier molecular flexibility index (Phi) is 5.95. The van der Waals surface area contributed by atoms with E-state index in [1.165, 1.54) is 0 Å². The third kappa shape index (κ3) is 3.80. The highest BCUT2D eigenvalue weighted by molar-refractivity contribution is 7.99. The predicted molar refractivity (Wildman–Crippen MR) is 129 cm³/mol. The van der Waals surface area contributed by atoms with Crippen LogP contribution in [0.3, 0.4) is 0 Å². The predicted octanol–water partition coefficient (Wildman–Crippen LogP) is 6.45. The van der Waals surface area contributed by atoms with E-state index in [1.54, 1.807) is 29.2 Å². The van der Waals surface area contributed by atoms with Crippen molar-refractivity contribution >= 4 is 46.2 Å². The van der Waals surface area contributed by atoms with Gasteiger partial charge in [-0.3, -0.25) is 9.69 Å². The number of thioether (sulfide) groups is 1. The molecule has 1 aliphatic carbocycles. The van der Waals surface area contributed by atoms with Gasteiger partial charge >= 0.3 is 0 Å². The van der Waals surface area contributed by atoms with Gasteiger partial charge in [-0.15, -0.1) is 23.1 Å². The van der Waals surface area contributed by atoms with Gasteiger partial charge in [0.2, 0.25) is 0 Å². The largest absolute Gasteiger partial charge is 0.384 e. The monoisotopic (exact) mass is 469 g/mol. The second-order valence-corrected chi connectivity index (χ2v) is 11.2. The van der Waals surface area contributed by atoms with Gasteiger partial charge in [0.1, 0.15) is 5.82 Å². The Morgan fingerprint density at radius 2 is 2.06 bits per heavy atom. The van der Waals surface area contributed by atoms with Gasteiger partial charge < -0.3 is 5.73 Å². The molecule has 2 aliphatic rings. The number of anilines is 1. The van der Waals surface area contributed by atoms with Crippen LogP contribution in [0.1, 0.15) is 44.4 Å². The first-order valence-electron chi connectivity index (χ1n) is 10.2. The lowest BCUT2D eigenvalue weighted by atomic mass is 9.69. The third-order valence-corrected chi connectivity index (χ3v) is 8.08. The van der Waals surface area contributed by atoms with Crippen molar-refractivity contribution in [1.29, 1.82) is 5.26 Å². The van der Waals surface area contributed by atoms with Crippen molar-refractivity contribution in [3.05, 3.63) is 68.3 Å². The molecule has 1 aromatic carbocycles.